The third kappa shape index (κ3) is 2.78. The lowest BCUT2D eigenvalue weighted by Crippen LogP contribution is -2.65. The molecule has 28 heavy (non-hydrogen) atoms. The molecule has 1 amide bonds. The topological polar surface area (TPSA) is 53.3 Å². The first-order valence-corrected chi connectivity index (χ1v) is 10.7. The molecule has 0 radical (unpaired) electrons. The molecule has 1 aliphatic heterocycles. The van der Waals surface area contributed by atoms with Gasteiger partial charge >= 0.3 is 0 Å². The van der Waals surface area contributed by atoms with Crippen LogP contribution in [0.5, 0.6) is 0 Å². The highest BCUT2D eigenvalue weighted by Crippen LogP contribution is 2.56. The summed E-state index contributed by atoms with van der Waals surface area (Å²) in [7, 11) is 1.77. The van der Waals surface area contributed by atoms with Crippen molar-refractivity contribution in [2.24, 2.45) is 11.3 Å². The zero-order valence-electron chi connectivity index (χ0n) is 17.6. The first-order valence-electron chi connectivity index (χ1n) is 10.7. The molecule has 1 heterocycles. The van der Waals surface area contributed by atoms with E-state index in [4.69, 9.17) is 4.74 Å². The maximum absolute atomic E-state index is 13.5. The number of fused-ring (bicyclic) bond motifs is 4. The predicted octanol–water partition coefficient (Wildman–Crippen LogP) is 4.20. The summed E-state index contributed by atoms with van der Waals surface area (Å²) in [5.41, 5.74) is 3.39. The Balaban J connectivity index is 1.64. The van der Waals surface area contributed by atoms with Crippen LogP contribution in [0.2, 0.25) is 0 Å². The highest BCUT2D eigenvalue weighted by atomic mass is 16.5. The largest absolute Gasteiger partial charge is 0.381 e. The molecular weight excluding hydrogens is 348 g/mol. The highest BCUT2D eigenvalue weighted by molar-refractivity contribution is 5.80. The number of nitrogens with zero attached hydrogens (tertiary/aromatic N) is 2. The molecule has 0 aromatic heterocycles. The minimum Gasteiger partial charge on any atom is -0.381 e. The van der Waals surface area contributed by atoms with Gasteiger partial charge in [-0.2, -0.15) is 5.26 Å². The number of likely N-dealkylation sites (tertiary alicyclic amines) is 1. The van der Waals surface area contributed by atoms with Crippen LogP contribution >= 0.6 is 0 Å². The van der Waals surface area contributed by atoms with E-state index < -0.39 is 0 Å². The zero-order valence-corrected chi connectivity index (χ0v) is 17.6. The number of ether oxygens (including phenoxy) is 1. The number of hydrogen-bond acceptors (Lipinski definition) is 3. The fraction of sp³-hybridized carbons (Fsp3) is 0.667. The van der Waals surface area contributed by atoms with Gasteiger partial charge in [0.15, 0.2) is 0 Å². The van der Waals surface area contributed by atoms with E-state index in [0.717, 1.165) is 50.6 Å². The van der Waals surface area contributed by atoms with Gasteiger partial charge in [-0.15, -0.1) is 0 Å². The second-order valence-corrected chi connectivity index (χ2v) is 9.75. The maximum atomic E-state index is 13.5. The summed E-state index contributed by atoms with van der Waals surface area (Å²) in [6, 6.07) is 8.64. The molecule has 1 aromatic carbocycles. The highest BCUT2D eigenvalue weighted by Gasteiger charge is 2.57. The van der Waals surface area contributed by atoms with Crippen molar-refractivity contribution in [2.45, 2.75) is 76.9 Å². The van der Waals surface area contributed by atoms with E-state index in [1.165, 1.54) is 11.1 Å². The summed E-state index contributed by atoms with van der Waals surface area (Å²) < 4.78 is 5.49. The Morgan fingerprint density at radius 2 is 1.93 bits per heavy atom. The van der Waals surface area contributed by atoms with Crippen molar-refractivity contribution in [1.82, 2.24) is 4.90 Å². The van der Waals surface area contributed by atoms with Crippen molar-refractivity contribution in [3.05, 3.63) is 34.9 Å². The molecule has 4 rings (SSSR count). The van der Waals surface area contributed by atoms with Crippen LogP contribution in [0.4, 0.5) is 0 Å². The van der Waals surface area contributed by atoms with Gasteiger partial charge in [0.25, 0.3) is 0 Å². The summed E-state index contributed by atoms with van der Waals surface area (Å²) in [4.78, 5) is 15.7. The van der Waals surface area contributed by atoms with Crippen LogP contribution in [-0.4, -0.2) is 36.6 Å². The maximum Gasteiger partial charge on any atom is 0.225 e. The van der Waals surface area contributed by atoms with Crippen LogP contribution in [0, 0.1) is 22.7 Å². The van der Waals surface area contributed by atoms with Gasteiger partial charge < -0.3 is 9.64 Å². The Morgan fingerprint density at radius 1 is 1.21 bits per heavy atom. The smallest absolute Gasteiger partial charge is 0.225 e. The van der Waals surface area contributed by atoms with Crippen LogP contribution in [0.15, 0.2) is 18.2 Å². The molecule has 1 saturated carbocycles. The quantitative estimate of drug-likeness (QED) is 0.772. The Labute approximate surface area is 168 Å². The van der Waals surface area contributed by atoms with Crippen molar-refractivity contribution in [3.8, 4) is 6.07 Å². The zero-order chi connectivity index (χ0) is 20.1. The molecule has 0 spiro atoms. The summed E-state index contributed by atoms with van der Waals surface area (Å²) in [6.45, 7) is 7.86. The number of carbonyl (C=O) groups excluding carboxylic acids is 1. The molecule has 1 aromatic rings. The van der Waals surface area contributed by atoms with E-state index in [2.05, 4.69) is 37.8 Å². The number of hydrogen-bond donors (Lipinski definition) is 0. The van der Waals surface area contributed by atoms with Crippen LogP contribution in [0.25, 0.3) is 0 Å². The minimum absolute atomic E-state index is 0.00576. The first-order chi connectivity index (χ1) is 13.3. The average molecular weight is 381 g/mol. The molecule has 1 saturated heterocycles. The van der Waals surface area contributed by atoms with E-state index in [0.29, 0.717) is 12.0 Å². The lowest BCUT2D eigenvalue weighted by Gasteiger charge is -2.61. The van der Waals surface area contributed by atoms with E-state index in [9.17, 15) is 10.1 Å². The molecule has 2 bridgehead atoms. The third-order valence-electron chi connectivity index (χ3n) is 8.37. The number of nitriles is 1. The second kappa shape index (κ2) is 6.88. The van der Waals surface area contributed by atoms with Crippen LogP contribution in [0.3, 0.4) is 0 Å². The predicted molar refractivity (Wildman–Crippen MR) is 109 cm³/mol. The third-order valence-corrected chi connectivity index (χ3v) is 8.37. The van der Waals surface area contributed by atoms with E-state index in [1.54, 1.807) is 7.11 Å². The molecule has 150 valence electrons. The van der Waals surface area contributed by atoms with Gasteiger partial charge in [-0.3, -0.25) is 4.79 Å². The lowest BCUT2D eigenvalue weighted by atomic mass is 9.51. The summed E-state index contributed by atoms with van der Waals surface area (Å²) in [5, 5.41) is 9.34. The molecule has 2 atom stereocenters. The molecular formula is C24H32N2O2. The van der Waals surface area contributed by atoms with Crippen molar-refractivity contribution in [2.75, 3.05) is 13.7 Å². The molecule has 4 heteroatoms. The molecule has 2 aliphatic carbocycles. The summed E-state index contributed by atoms with van der Waals surface area (Å²) in [5.74, 6) is 0.480. The van der Waals surface area contributed by atoms with Gasteiger partial charge in [0.1, 0.15) is 0 Å². The van der Waals surface area contributed by atoms with Gasteiger partial charge in [-0.25, -0.2) is 0 Å². The van der Waals surface area contributed by atoms with Gasteiger partial charge in [0.2, 0.25) is 5.91 Å². The molecule has 2 fully saturated rings. The molecule has 2 unspecified atom stereocenters. The van der Waals surface area contributed by atoms with Gasteiger partial charge in [-0.05, 0) is 67.2 Å². The number of benzene rings is 1. The van der Waals surface area contributed by atoms with E-state index in [-0.39, 0.29) is 22.8 Å². The molecule has 3 aliphatic rings. The van der Waals surface area contributed by atoms with Crippen molar-refractivity contribution in [3.63, 3.8) is 0 Å². The minimum atomic E-state index is 0.00576. The van der Waals surface area contributed by atoms with Crippen molar-refractivity contribution >= 4 is 5.91 Å². The Bertz CT molecular complexity index is 816. The number of piperidine rings is 1. The number of amides is 1. The Morgan fingerprint density at radius 3 is 2.57 bits per heavy atom. The van der Waals surface area contributed by atoms with Crippen LogP contribution < -0.4 is 0 Å². The van der Waals surface area contributed by atoms with Gasteiger partial charge in [0, 0.05) is 31.0 Å². The summed E-state index contributed by atoms with van der Waals surface area (Å²) in [6.07, 6.45) is 6.00. The first kappa shape index (κ1) is 19.5. The second-order valence-electron chi connectivity index (χ2n) is 9.75. The van der Waals surface area contributed by atoms with E-state index in [1.807, 2.05) is 12.1 Å². The van der Waals surface area contributed by atoms with Gasteiger partial charge in [0.05, 0.1) is 17.7 Å². The fourth-order valence-corrected chi connectivity index (χ4v) is 6.05. The standard InChI is InChI=1S/C24H32N2O2/c1-23(2)21-14-18-13-16(15-25)5-10-20(18)24(23,3)11-12-26(21)22(27)17-6-8-19(28-4)9-7-17/h5,10,13,17,19,21H,6-9,11-12,14H2,1-4H3. The average Bonchev–Trinajstić information content (AvgIpc) is 2.70. The van der Waals surface area contributed by atoms with E-state index >= 15 is 0 Å². The van der Waals surface area contributed by atoms with Crippen LogP contribution in [-0.2, 0) is 21.4 Å². The van der Waals surface area contributed by atoms with Crippen LogP contribution in [0.1, 0.15) is 69.6 Å². The number of methoxy groups -OCH3 is 1. The number of rotatable bonds is 2. The molecule has 0 N–H and O–H groups in total. The SMILES string of the molecule is COC1CCC(C(=O)N2CCC3(C)c4ccc(C#N)cc4CC2C3(C)C)CC1. The fourth-order valence-electron chi connectivity index (χ4n) is 6.05. The number of carbonyl (C=O) groups is 1. The Hall–Kier alpha value is -1.86. The summed E-state index contributed by atoms with van der Waals surface area (Å²) >= 11 is 0. The molecule has 4 nitrogen and oxygen atoms in total. The van der Waals surface area contributed by atoms with Gasteiger partial charge in [-0.1, -0.05) is 26.8 Å². The lowest BCUT2D eigenvalue weighted by molar-refractivity contribution is -0.150. The normalized spacial score (nSPS) is 33.7. The Kier molecular flexibility index (Phi) is 4.78. The van der Waals surface area contributed by atoms with Crippen molar-refractivity contribution < 1.29 is 9.53 Å². The monoisotopic (exact) mass is 380 g/mol. The van der Waals surface area contributed by atoms with Crippen molar-refractivity contribution in [1.29, 1.82) is 5.26 Å².